The Morgan fingerprint density at radius 2 is 2.03 bits per heavy atom. The summed E-state index contributed by atoms with van der Waals surface area (Å²) in [5.74, 6) is -0.870. The molecule has 3 aromatic rings. The van der Waals surface area contributed by atoms with Crippen molar-refractivity contribution in [3.63, 3.8) is 0 Å². The second-order valence-electron chi connectivity index (χ2n) is 8.98. The van der Waals surface area contributed by atoms with Gasteiger partial charge in [-0.1, -0.05) is 25.1 Å². The quantitative estimate of drug-likeness (QED) is 0.214. The molecule has 1 fully saturated rings. The van der Waals surface area contributed by atoms with Crippen LogP contribution in [-0.4, -0.2) is 61.7 Å². The number of aliphatic hydroxyl groups excluding tert-OH is 1. The van der Waals surface area contributed by atoms with Crippen LogP contribution in [0.1, 0.15) is 33.4 Å². The molecule has 3 N–H and O–H groups in total. The van der Waals surface area contributed by atoms with Gasteiger partial charge < -0.3 is 24.8 Å². The molecule has 1 saturated heterocycles. The molecule has 2 aromatic heterocycles. The minimum absolute atomic E-state index is 0.0562. The second kappa shape index (κ2) is 11.3. The lowest BCUT2D eigenvalue weighted by molar-refractivity contribution is -0.151. The summed E-state index contributed by atoms with van der Waals surface area (Å²) in [6, 6.07) is 8.51. The van der Waals surface area contributed by atoms with Crippen molar-refractivity contribution in [2.24, 2.45) is 5.92 Å². The maximum atomic E-state index is 14.0. The minimum atomic E-state index is -3.95. The van der Waals surface area contributed by atoms with E-state index < -0.39 is 44.5 Å². The van der Waals surface area contributed by atoms with Crippen molar-refractivity contribution >= 4 is 42.1 Å². The van der Waals surface area contributed by atoms with Crippen molar-refractivity contribution in [2.75, 3.05) is 18.5 Å². The first kappa shape index (κ1) is 27.3. The summed E-state index contributed by atoms with van der Waals surface area (Å²) in [6.45, 7) is 4.64. The zero-order valence-corrected chi connectivity index (χ0v) is 22.2. The Bertz CT molecular complexity index is 1290. The number of esters is 1. The Morgan fingerprint density at radius 3 is 2.70 bits per heavy atom. The van der Waals surface area contributed by atoms with Gasteiger partial charge in [-0.25, -0.2) is 9.55 Å². The lowest BCUT2D eigenvalue weighted by Gasteiger charge is -2.26. The van der Waals surface area contributed by atoms with Gasteiger partial charge in [-0.15, -0.1) is 0 Å². The minimum Gasteiger partial charge on any atom is -0.463 e. The number of nitrogens with zero attached hydrogens (tertiary/aromatic N) is 4. The van der Waals surface area contributed by atoms with Crippen LogP contribution in [0.4, 0.5) is 5.82 Å². The summed E-state index contributed by atoms with van der Waals surface area (Å²) < 4.78 is 38.8. The van der Waals surface area contributed by atoms with E-state index in [4.69, 9.17) is 35.9 Å². The highest BCUT2D eigenvalue weighted by atomic mass is 35.5. The molecule has 0 saturated carbocycles. The molecule has 0 amide bonds. The van der Waals surface area contributed by atoms with Crippen LogP contribution in [0.25, 0.3) is 11.2 Å². The number of benzene rings is 1. The summed E-state index contributed by atoms with van der Waals surface area (Å²) in [6.07, 6.45) is -1.30. The normalized spacial score (nSPS) is 22.2. The van der Waals surface area contributed by atoms with Gasteiger partial charge in [0.15, 0.2) is 11.5 Å². The third kappa shape index (κ3) is 6.39. The average molecular weight is 554 g/mol. The number of imidazole rings is 1. The number of carbonyl (C=O) groups is 1. The van der Waals surface area contributed by atoms with Crippen molar-refractivity contribution < 1.29 is 33.0 Å². The van der Waals surface area contributed by atoms with E-state index in [-0.39, 0.29) is 29.8 Å². The molecule has 5 atom stereocenters. The molecule has 0 bridgehead atoms. The zero-order chi connectivity index (χ0) is 26.7. The fraction of sp³-hybridized carbons (Fsp3) is 0.478. The molecule has 200 valence electrons. The molecule has 0 spiro atoms. The van der Waals surface area contributed by atoms with Crippen molar-refractivity contribution in [2.45, 2.75) is 51.7 Å². The maximum absolute atomic E-state index is 14.0. The maximum Gasteiger partial charge on any atom is 0.380 e. The van der Waals surface area contributed by atoms with E-state index in [1.807, 2.05) is 0 Å². The Labute approximate surface area is 218 Å². The third-order valence-electron chi connectivity index (χ3n) is 5.63. The van der Waals surface area contributed by atoms with Gasteiger partial charge in [-0.3, -0.25) is 13.9 Å². The average Bonchev–Trinajstić information content (AvgIpc) is 3.42. The summed E-state index contributed by atoms with van der Waals surface area (Å²) in [5.41, 5.74) is 6.58. The molecule has 12 nitrogen and oxygen atoms in total. The molecular formula is C23H29ClN5O7P. The van der Waals surface area contributed by atoms with Gasteiger partial charge in [0.2, 0.25) is 5.28 Å². The highest BCUT2D eigenvalue weighted by Gasteiger charge is 2.44. The summed E-state index contributed by atoms with van der Waals surface area (Å²) in [4.78, 5) is 24.8. The number of nitrogen functional groups attached to an aromatic ring is 1. The van der Waals surface area contributed by atoms with Crippen LogP contribution >= 0.6 is 19.2 Å². The number of halogens is 1. The van der Waals surface area contributed by atoms with Crippen LogP contribution < -0.4 is 10.3 Å². The molecule has 37 heavy (non-hydrogen) atoms. The Hall–Kier alpha value is -2.76. The highest BCUT2D eigenvalue weighted by Crippen LogP contribution is 2.53. The van der Waals surface area contributed by atoms with E-state index in [2.05, 4.69) is 15.0 Å². The van der Waals surface area contributed by atoms with Crippen molar-refractivity contribution in [1.82, 2.24) is 19.5 Å². The number of fused-ring (bicyclic) bond motifs is 1. The van der Waals surface area contributed by atoms with E-state index >= 15 is 0 Å². The molecule has 0 aliphatic carbocycles. The third-order valence-corrected chi connectivity index (χ3v) is 7.87. The SMILES string of the molecule is CC(C)OC(=O)[C@H](C)CP(=O)(Oc1ccccc1)OC1C[C@H](n2cnc3c(N)nc(Cl)nc32)O[C@@H]1CO. The second-order valence-corrected chi connectivity index (χ2v) is 11.3. The number of aliphatic hydroxyl groups is 1. The van der Waals surface area contributed by atoms with Gasteiger partial charge in [-0.05, 0) is 37.6 Å². The summed E-state index contributed by atoms with van der Waals surface area (Å²) >= 11 is 5.97. The van der Waals surface area contributed by atoms with Gasteiger partial charge in [-0.2, -0.15) is 9.97 Å². The number of hydrogen-bond donors (Lipinski definition) is 2. The Kier molecular flexibility index (Phi) is 8.35. The number of aromatic nitrogens is 4. The van der Waals surface area contributed by atoms with Gasteiger partial charge in [0.1, 0.15) is 29.7 Å². The highest BCUT2D eigenvalue weighted by molar-refractivity contribution is 7.54. The van der Waals surface area contributed by atoms with E-state index in [0.29, 0.717) is 16.9 Å². The van der Waals surface area contributed by atoms with Crippen LogP contribution in [0.2, 0.25) is 5.28 Å². The van der Waals surface area contributed by atoms with Crippen LogP contribution in [0.15, 0.2) is 36.7 Å². The molecule has 1 aliphatic rings. The number of carbonyl (C=O) groups excluding carboxylic acids is 1. The fourth-order valence-electron chi connectivity index (χ4n) is 3.98. The van der Waals surface area contributed by atoms with Gasteiger partial charge >= 0.3 is 13.6 Å². The number of nitrogens with two attached hydrogens (primary N) is 1. The Balaban J connectivity index is 1.58. The molecular weight excluding hydrogens is 525 g/mol. The van der Waals surface area contributed by atoms with Crippen molar-refractivity contribution in [3.05, 3.63) is 41.9 Å². The number of ether oxygens (including phenoxy) is 2. The Morgan fingerprint density at radius 1 is 1.30 bits per heavy atom. The standard InChI is InChI=1S/C23H29ClN5O7P/c1-13(2)33-22(31)14(3)11-37(32,35-15-7-5-4-6-8-15)36-16-9-18(34-17(16)10-30)29-12-26-19-20(25)27-23(24)28-21(19)29/h4-8,12-14,16-18,30H,9-11H2,1-3H3,(H2,25,27,28)/t14-,16?,17-,18-,37?/m1/s1. The predicted molar refractivity (Wildman–Crippen MR) is 135 cm³/mol. The largest absolute Gasteiger partial charge is 0.463 e. The topological polar surface area (TPSA) is 161 Å². The monoisotopic (exact) mass is 553 g/mol. The molecule has 0 radical (unpaired) electrons. The number of anilines is 1. The number of para-hydroxylation sites is 1. The molecule has 1 aliphatic heterocycles. The van der Waals surface area contributed by atoms with Crippen molar-refractivity contribution in [3.8, 4) is 5.75 Å². The van der Waals surface area contributed by atoms with Crippen LogP contribution in [0.5, 0.6) is 5.75 Å². The van der Waals surface area contributed by atoms with Crippen molar-refractivity contribution in [1.29, 1.82) is 0 Å². The first-order chi connectivity index (χ1) is 17.6. The van der Waals surface area contributed by atoms with Gasteiger partial charge in [0.25, 0.3) is 0 Å². The molecule has 2 unspecified atom stereocenters. The zero-order valence-electron chi connectivity index (χ0n) is 20.6. The summed E-state index contributed by atoms with van der Waals surface area (Å²) in [5, 5.41) is 9.95. The van der Waals surface area contributed by atoms with E-state index in [1.165, 1.54) is 6.33 Å². The van der Waals surface area contributed by atoms with Crippen LogP contribution in [0.3, 0.4) is 0 Å². The lowest BCUT2D eigenvalue weighted by atomic mass is 10.2. The first-order valence-electron chi connectivity index (χ1n) is 11.7. The van der Waals surface area contributed by atoms with Gasteiger partial charge in [0.05, 0.1) is 31.1 Å². The molecule has 1 aromatic carbocycles. The van der Waals surface area contributed by atoms with Gasteiger partial charge in [0, 0.05) is 6.42 Å². The lowest BCUT2D eigenvalue weighted by Crippen LogP contribution is -2.29. The molecule has 3 heterocycles. The predicted octanol–water partition coefficient (Wildman–Crippen LogP) is 3.59. The fourth-order valence-corrected chi connectivity index (χ4v) is 6.25. The number of rotatable bonds is 10. The van der Waals surface area contributed by atoms with E-state index in [1.54, 1.807) is 55.7 Å². The van der Waals surface area contributed by atoms with E-state index in [9.17, 15) is 14.5 Å². The molecule has 14 heteroatoms. The first-order valence-corrected chi connectivity index (χ1v) is 13.8. The van der Waals surface area contributed by atoms with Crippen LogP contribution in [0, 0.1) is 5.92 Å². The smallest absolute Gasteiger partial charge is 0.380 e. The number of hydrogen-bond acceptors (Lipinski definition) is 11. The van der Waals surface area contributed by atoms with Crippen LogP contribution in [-0.2, 0) is 23.4 Å². The van der Waals surface area contributed by atoms with E-state index in [0.717, 1.165) is 0 Å². The molecule has 4 rings (SSSR count). The summed E-state index contributed by atoms with van der Waals surface area (Å²) in [7, 11) is -3.95.